The first-order valence-corrected chi connectivity index (χ1v) is 10.4. The van der Waals surface area contributed by atoms with Gasteiger partial charge in [0.05, 0.1) is 4.90 Å². The average Bonchev–Trinajstić information content (AvgIpc) is 3.18. The number of hydrogen-bond donors (Lipinski definition) is 1. The molecule has 1 aromatic heterocycles. The number of carbonyl (C=O) groups is 1. The lowest BCUT2D eigenvalue weighted by Crippen LogP contribution is -2.31. The molecule has 2 aromatic carbocycles. The minimum Gasteiger partial charge on any atom is -0.452 e. The Kier molecular flexibility index (Phi) is 6.09. The summed E-state index contributed by atoms with van der Waals surface area (Å²) in [6, 6.07) is 13.8. The zero-order chi connectivity index (χ0) is 21.0. The van der Waals surface area contributed by atoms with E-state index in [9.17, 15) is 13.2 Å². The fourth-order valence-corrected chi connectivity index (χ4v) is 3.42. The van der Waals surface area contributed by atoms with Crippen LogP contribution in [0.3, 0.4) is 0 Å². The highest BCUT2D eigenvalue weighted by Gasteiger charge is 2.21. The van der Waals surface area contributed by atoms with Crippen molar-refractivity contribution in [2.45, 2.75) is 31.8 Å². The lowest BCUT2D eigenvalue weighted by Gasteiger charge is -2.10. The second-order valence-electron chi connectivity index (χ2n) is 6.58. The van der Waals surface area contributed by atoms with Gasteiger partial charge in [0, 0.05) is 5.56 Å². The molecule has 0 aliphatic rings. The summed E-state index contributed by atoms with van der Waals surface area (Å²) in [6.45, 7) is 4.88. The van der Waals surface area contributed by atoms with E-state index in [0.717, 1.165) is 16.7 Å². The molecule has 0 radical (unpaired) electrons. The Morgan fingerprint density at radius 3 is 2.24 bits per heavy atom. The zero-order valence-corrected chi connectivity index (χ0v) is 17.1. The van der Waals surface area contributed by atoms with Crippen LogP contribution in [0.5, 0.6) is 0 Å². The summed E-state index contributed by atoms with van der Waals surface area (Å²) in [5.41, 5.74) is 2.78. The minimum atomic E-state index is -3.81. The number of nitrogens with zero attached hydrogens (tertiary/aromatic N) is 2. The summed E-state index contributed by atoms with van der Waals surface area (Å²) in [7, 11) is -3.81. The molecule has 3 aromatic rings. The standard InChI is InChI=1S/C20H21N3O5S/c1-13-4-8-16(9-5-13)20-23-22-19(28-20)15(3)27-18(24)12-21-29(25,26)17-10-6-14(2)7-11-17/h4-11,15,21H,12H2,1-3H3/t15-/m1/s1. The molecule has 0 saturated carbocycles. The van der Waals surface area contributed by atoms with Crippen molar-refractivity contribution < 1.29 is 22.4 Å². The van der Waals surface area contributed by atoms with Crippen molar-refractivity contribution in [1.82, 2.24) is 14.9 Å². The van der Waals surface area contributed by atoms with Crippen molar-refractivity contribution in [1.29, 1.82) is 0 Å². The fraction of sp³-hybridized carbons (Fsp3) is 0.250. The fourth-order valence-electron chi connectivity index (χ4n) is 2.46. The van der Waals surface area contributed by atoms with Crippen molar-refractivity contribution in [3.05, 3.63) is 65.5 Å². The van der Waals surface area contributed by atoms with Gasteiger partial charge in [-0.15, -0.1) is 10.2 Å². The normalized spacial score (nSPS) is 12.5. The maximum Gasteiger partial charge on any atom is 0.321 e. The van der Waals surface area contributed by atoms with Gasteiger partial charge in [-0.3, -0.25) is 4.79 Å². The molecule has 3 rings (SSSR count). The van der Waals surface area contributed by atoms with Gasteiger partial charge in [0.25, 0.3) is 5.89 Å². The average molecular weight is 415 g/mol. The number of rotatable bonds is 7. The molecular weight excluding hydrogens is 394 g/mol. The van der Waals surface area contributed by atoms with Crippen LogP contribution in [0.15, 0.2) is 57.8 Å². The Morgan fingerprint density at radius 2 is 1.62 bits per heavy atom. The van der Waals surface area contributed by atoms with Crippen LogP contribution in [0.25, 0.3) is 11.5 Å². The predicted molar refractivity (Wildman–Crippen MR) is 105 cm³/mol. The van der Waals surface area contributed by atoms with Crippen molar-refractivity contribution in [2.24, 2.45) is 0 Å². The third-order valence-electron chi connectivity index (χ3n) is 4.13. The van der Waals surface area contributed by atoms with Crippen LogP contribution < -0.4 is 4.72 Å². The molecule has 0 aliphatic heterocycles. The van der Waals surface area contributed by atoms with Crippen LogP contribution in [-0.2, 0) is 19.6 Å². The third-order valence-corrected chi connectivity index (χ3v) is 5.55. The van der Waals surface area contributed by atoms with Gasteiger partial charge in [-0.1, -0.05) is 35.4 Å². The smallest absolute Gasteiger partial charge is 0.321 e. The maximum atomic E-state index is 12.2. The van der Waals surface area contributed by atoms with Gasteiger partial charge in [0.2, 0.25) is 15.9 Å². The molecule has 9 heteroatoms. The Balaban J connectivity index is 1.58. The molecule has 8 nitrogen and oxygen atoms in total. The highest BCUT2D eigenvalue weighted by Crippen LogP contribution is 2.22. The molecule has 0 bridgehead atoms. The summed E-state index contributed by atoms with van der Waals surface area (Å²) in [4.78, 5) is 12.1. The van der Waals surface area contributed by atoms with Crippen LogP contribution in [0.2, 0.25) is 0 Å². The van der Waals surface area contributed by atoms with Crippen LogP contribution in [-0.4, -0.2) is 31.1 Å². The highest BCUT2D eigenvalue weighted by atomic mass is 32.2. The first-order chi connectivity index (χ1) is 13.7. The monoisotopic (exact) mass is 415 g/mol. The third kappa shape index (κ3) is 5.27. The highest BCUT2D eigenvalue weighted by molar-refractivity contribution is 7.89. The molecule has 0 fully saturated rings. The molecule has 1 atom stereocenters. The number of ether oxygens (including phenoxy) is 1. The summed E-state index contributed by atoms with van der Waals surface area (Å²) in [5.74, 6) is -0.332. The molecule has 152 valence electrons. The minimum absolute atomic E-state index is 0.0728. The first kappa shape index (κ1) is 20.7. The summed E-state index contributed by atoms with van der Waals surface area (Å²) in [6.07, 6.45) is -0.821. The maximum absolute atomic E-state index is 12.2. The second kappa shape index (κ2) is 8.54. The molecule has 0 saturated heterocycles. The van der Waals surface area contributed by atoms with E-state index in [-0.39, 0.29) is 10.8 Å². The number of benzene rings is 2. The van der Waals surface area contributed by atoms with E-state index in [1.54, 1.807) is 19.1 Å². The van der Waals surface area contributed by atoms with Crippen molar-refractivity contribution in [3.63, 3.8) is 0 Å². The van der Waals surface area contributed by atoms with Gasteiger partial charge in [-0.25, -0.2) is 8.42 Å². The van der Waals surface area contributed by atoms with Gasteiger partial charge in [-0.2, -0.15) is 4.72 Å². The van der Waals surface area contributed by atoms with Crippen molar-refractivity contribution >= 4 is 16.0 Å². The lowest BCUT2D eigenvalue weighted by molar-refractivity contribution is -0.148. The molecule has 1 heterocycles. The predicted octanol–water partition coefficient (Wildman–Crippen LogP) is 2.94. The molecule has 29 heavy (non-hydrogen) atoms. The Morgan fingerprint density at radius 1 is 1.03 bits per heavy atom. The topological polar surface area (TPSA) is 111 Å². The SMILES string of the molecule is Cc1ccc(-c2nnc([C@@H](C)OC(=O)CNS(=O)(=O)c3ccc(C)cc3)o2)cc1. The number of nitrogens with one attached hydrogen (secondary N) is 1. The Hall–Kier alpha value is -3.04. The first-order valence-electron chi connectivity index (χ1n) is 8.91. The van der Waals surface area contributed by atoms with Crippen LogP contribution in [0.4, 0.5) is 0 Å². The lowest BCUT2D eigenvalue weighted by atomic mass is 10.1. The number of aromatic nitrogens is 2. The van der Waals surface area contributed by atoms with E-state index in [0.29, 0.717) is 5.89 Å². The van der Waals surface area contributed by atoms with Gasteiger partial charge in [-0.05, 0) is 45.0 Å². The van der Waals surface area contributed by atoms with E-state index >= 15 is 0 Å². The molecule has 0 amide bonds. The molecule has 1 N–H and O–H groups in total. The number of sulfonamides is 1. The van der Waals surface area contributed by atoms with E-state index in [1.165, 1.54) is 12.1 Å². The van der Waals surface area contributed by atoms with E-state index in [1.807, 2.05) is 38.1 Å². The molecule has 0 aliphatic carbocycles. The molecule has 0 spiro atoms. The number of carbonyl (C=O) groups excluding carboxylic acids is 1. The largest absolute Gasteiger partial charge is 0.452 e. The van der Waals surface area contributed by atoms with Crippen LogP contribution in [0, 0.1) is 13.8 Å². The second-order valence-corrected chi connectivity index (χ2v) is 8.35. The molecular formula is C20H21N3O5S. The van der Waals surface area contributed by atoms with E-state index in [2.05, 4.69) is 14.9 Å². The van der Waals surface area contributed by atoms with Crippen molar-refractivity contribution in [3.8, 4) is 11.5 Å². The van der Waals surface area contributed by atoms with Crippen molar-refractivity contribution in [2.75, 3.05) is 6.54 Å². The van der Waals surface area contributed by atoms with Gasteiger partial charge in [0.1, 0.15) is 6.54 Å². The number of hydrogen-bond acceptors (Lipinski definition) is 7. The van der Waals surface area contributed by atoms with E-state index in [4.69, 9.17) is 9.15 Å². The Labute approximate surface area is 169 Å². The summed E-state index contributed by atoms with van der Waals surface area (Å²) < 4.78 is 37.4. The Bertz CT molecular complexity index is 1090. The van der Waals surface area contributed by atoms with Gasteiger partial charge < -0.3 is 9.15 Å². The van der Waals surface area contributed by atoms with Gasteiger partial charge in [0.15, 0.2) is 6.10 Å². The summed E-state index contributed by atoms with van der Waals surface area (Å²) in [5, 5.41) is 7.86. The summed E-state index contributed by atoms with van der Waals surface area (Å²) >= 11 is 0. The van der Waals surface area contributed by atoms with Gasteiger partial charge >= 0.3 is 5.97 Å². The molecule has 0 unspecified atom stereocenters. The number of aryl methyl sites for hydroxylation is 2. The van der Waals surface area contributed by atoms with Crippen LogP contribution >= 0.6 is 0 Å². The zero-order valence-electron chi connectivity index (χ0n) is 16.2. The van der Waals surface area contributed by atoms with E-state index < -0.39 is 28.6 Å². The van der Waals surface area contributed by atoms with Crippen LogP contribution in [0.1, 0.15) is 30.0 Å². The quantitative estimate of drug-likeness (QED) is 0.591. The number of esters is 1.